The molecule has 0 aliphatic rings. The Morgan fingerprint density at radius 3 is 2.85 bits per heavy atom. The quantitative estimate of drug-likeness (QED) is 0.703. The number of aromatic amines is 1. The first kappa shape index (κ1) is 8.38. The van der Waals surface area contributed by atoms with Crippen molar-refractivity contribution in [3.63, 3.8) is 0 Å². The van der Waals surface area contributed by atoms with Crippen LogP contribution in [0.5, 0.6) is 0 Å². The van der Waals surface area contributed by atoms with Gasteiger partial charge in [0.2, 0.25) is 0 Å². The predicted octanol–water partition coefficient (Wildman–Crippen LogP) is 2.81. The highest BCUT2D eigenvalue weighted by Gasteiger charge is 2.02. The number of fused-ring (bicyclic) bond motifs is 1. The van der Waals surface area contributed by atoms with Crippen LogP contribution in [0.3, 0.4) is 0 Å². The van der Waals surface area contributed by atoms with Gasteiger partial charge < -0.3 is 4.98 Å². The standard InChI is InChI=1S/C10H9NOS/c1-7(12)13-10-6-8-4-2-3-5-9(8)11-10/h2-6,11H,1H3. The molecule has 0 spiro atoms. The van der Waals surface area contributed by atoms with Crippen molar-refractivity contribution in [1.29, 1.82) is 0 Å². The van der Waals surface area contributed by atoms with Crippen LogP contribution in [0.4, 0.5) is 0 Å². The lowest BCUT2D eigenvalue weighted by Gasteiger charge is -1.88. The summed E-state index contributed by atoms with van der Waals surface area (Å²) in [6.45, 7) is 1.57. The fraction of sp³-hybridized carbons (Fsp3) is 0.100. The predicted molar refractivity (Wildman–Crippen MR) is 54.8 cm³/mol. The summed E-state index contributed by atoms with van der Waals surface area (Å²) in [6, 6.07) is 9.97. The van der Waals surface area contributed by atoms with Gasteiger partial charge in [-0.05, 0) is 23.9 Å². The van der Waals surface area contributed by atoms with Crippen LogP contribution in [0.25, 0.3) is 10.9 Å². The second kappa shape index (κ2) is 3.26. The monoisotopic (exact) mass is 191 g/mol. The lowest BCUT2D eigenvalue weighted by atomic mass is 10.3. The van der Waals surface area contributed by atoms with Crippen molar-refractivity contribution in [2.75, 3.05) is 0 Å². The smallest absolute Gasteiger partial charge is 0.192 e. The van der Waals surface area contributed by atoms with Gasteiger partial charge in [0.1, 0.15) is 0 Å². The Bertz CT molecular complexity index is 414. The Morgan fingerprint density at radius 2 is 2.15 bits per heavy atom. The Morgan fingerprint density at radius 1 is 1.38 bits per heavy atom. The van der Waals surface area contributed by atoms with Gasteiger partial charge in [-0.25, -0.2) is 0 Å². The van der Waals surface area contributed by atoms with E-state index in [1.54, 1.807) is 6.92 Å². The van der Waals surface area contributed by atoms with Crippen LogP contribution in [-0.4, -0.2) is 10.1 Å². The van der Waals surface area contributed by atoms with E-state index < -0.39 is 0 Å². The zero-order valence-electron chi connectivity index (χ0n) is 7.20. The largest absolute Gasteiger partial charge is 0.349 e. The van der Waals surface area contributed by atoms with Gasteiger partial charge in [0.05, 0.1) is 5.03 Å². The van der Waals surface area contributed by atoms with Crippen molar-refractivity contribution < 1.29 is 4.79 Å². The second-order valence-electron chi connectivity index (χ2n) is 2.81. The summed E-state index contributed by atoms with van der Waals surface area (Å²) in [7, 11) is 0. The Labute approximate surface area is 80.3 Å². The third kappa shape index (κ3) is 1.75. The van der Waals surface area contributed by atoms with Crippen molar-refractivity contribution >= 4 is 27.8 Å². The van der Waals surface area contributed by atoms with Gasteiger partial charge in [-0.3, -0.25) is 4.79 Å². The molecule has 1 heterocycles. The summed E-state index contributed by atoms with van der Waals surface area (Å²) in [5, 5.41) is 2.16. The van der Waals surface area contributed by atoms with Crippen LogP contribution in [0.1, 0.15) is 6.92 Å². The molecule has 0 amide bonds. The lowest BCUT2D eigenvalue weighted by molar-refractivity contribution is -0.109. The average Bonchev–Trinajstić information content (AvgIpc) is 2.44. The molecule has 0 aliphatic heterocycles. The van der Waals surface area contributed by atoms with Gasteiger partial charge in [-0.2, -0.15) is 0 Å². The van der Waals surface area contributed by atoms with Crippen LogP contribution in [0.15, 0.2) is 35.4 Å². The van der Waals surface area contributed by atoms with Crippen LogP contribution in [0, 0.1) is 0 Å². The second-order valence-corrected chi connectivity index (χ2v) is 4.03. The highest BCUT2D eigenvalue weighted by Crippen LogP contribution is 2.23. The summed E-state index contributed by atoms with van der Waals surface area (Å²) >= 11 is 1.23. The molecule has 0 aliphatic carbocycles. The van der Waals surface area contributed by atoms with E-state index in [1.807, 2.05) is 30.3 Å². The van der Waals surface area contributed by atoms with Gasteiger partial charge in [-0.15, -0.1) is 0 Å². The molecular formula is C10H9NOS. The maximum Gasteiger partial charge on any atom is 0.192 e. The Kier molecular flexibility index (Phi) is 2.10. The highest BCUT2D eigenvalue weighted by atomic mass is 32.2. The molecule has 1 N–H and O–H groups in total. The molecule has 0 fully saturated rings. The summed E-state index contributed by atoms with van der Waals surface area (Å²) in [6.07, 6.45) is 0. The summed E-state index contributed by atoms with van der Waals surface area (Å²) < 4.78 is 0. The molecule has 0 bridgehead atoms. The van der Waals surface area contributed by atoms with Gasteiger partial charge >= 0.3 is 0 Å². The average molecular weight is 191 g/mol. The maximum absolute atomic E-state index is 10.8. The highest BCUT2D eigenvalue weighted by molar-refractivity contribution is 8.13. The van der Waals surface area contributed by atoms with Crippen LogP contribution in [-0.2, 0) is 4.79 Å². The molecule has 1 aromatic heterocycles. The van der Waals surface area contributed by atoms with Crippen LogP contribution >= 0.6 is 11.8 Å². The summed E-state index contributed by atoms with van der Waals surface area (Å²) in [5.41, 5.74) is 1.08. The lowest BCUT2D eigenvalue weighted by Crippen LogP contribution is -1.79. The van der Waals surface area contributed by atoms with Crippen LogP contribution in [0.2, 0.25) is 0 Å². The van der Waals surface area contributed by atoms with Crippen molar-refractivity contribution in [3.8, 4) is 0 Å². The number of hydrogen-bond donors (Lipinski definition) is 1. The number of benzene rings is 1. The van der Waals surface area contributed by atoms with E-state index in [0.717, 1.165) is 15.9 Å². The van der Waals surface area contributed by atoms with Crippen LogP contribution < -0.4 is 0 Å². The third-order valence-corrected chi connectivity index (χ3v) is 2.49. The van der Waals surface area contributed by atoms with E-state index in [0.29, 0.717) is 0 Å². The first-order valence-corrected chi connectivity index (χ1v) is 4.83. The molecule has 2 aromatic rings. The number of carbonyl (C=O) groups excluding carboxylic acids is 1. The van der Waals surface area contributed by atoms with Crippen molar-refractivity contribution in [3.05, 3.63) is 30.3 Å². The number of thioether (sulfide) groups is 1. The van der Waals surface area contributed by atoms with E-state index in [-0.39, 0.29) is 5.12 Å². The Balaban J connectivity index is 2.44. The molecule has 2 rings (SSSR count). The van der Waals surface area contributed by atoms with Gasteiger partial charge in [0, 0.05) is 17.8 Å². The van der Waals surface area contributed by atoms with Gasteiger partial charge in [-0.1, -0.05) is 18.2 Å². The fourth-order valence-corrected chi connectivity index (χ4v) is 1.91. The first-order chi connectivity index (χ1) is 6.25. The van der Waals surface area contributed by atoms with Crippen molar-refractivity contribution in [2.45, 2.75) is 11.9 Å². The molecule has 3 heteroatoms. The normalized spacial score (nSPS) is 10.5. The minimum Gasteiger partial charge on any atom is -0.349 e. The fourth-order valence-electron chi connectivity index (χ4n) is 1.26. The van der Waals surface area contributed by atoms with E-state index >= 15 is 0 Å². The SMILES string of the molecule is CC(=O)Sc1cc2ccccc2[nH]1. The van der Waals surface area contributed by atoms with Gasteiger partial charge in [0.25, 0.3) is 0 Å². The number of hydrogen-bond acceptors (Lipinski definition) is 2. The molecule has 0 saturated carbocycles. The van der Waals surface area contributed by atoms with E-state index in [9.17, 15) is 4.79 Å². The summed E-state index contributed by atoms with van der Waals surface area (Å²) in [4.78, 5) is 14.0. The van der Waals surface area contributed by atoms with Crippen molar-refractivity contribution in [2.24, 2.45) is 0 Å². The number of nitrogens with one attached hydrogen (secondary N) is 1. The maximum atomic E-state index is 10.8. The van der Waals surface area contributed by atoms with Gasteiger partial charge in [0.15, 0.2) is 5.12 Å². The molecule has 0 saturated heterocycles. The number of carbonyl (C=O) groups is 1. The zero-order chi connectivity index (χ0) is 9.26. The molecule has 66 valence electrons. The van der Waals surface area contributed by atoms with E-state index in [4.69, 9.17) is 0 Å². The Hall–Kier alpha value is -1.22. The number of para-hydroxylation sites is 1. The number of rotatable bonds is 1. The molecular weight excluding hydrogens is 182 g/mol. The minimum absolute atomic E-state index is 0.103. The number of H-pyrrole nitrogens is 1. The van der Waals surface area contributed by atoms with E-state index in [1.165, 1.54) is 11.8 Å². The minimum atomic E-state index is 0.103. The molecule has 0 unspecified atom stereocenters. The molecule has 2 nitrogen and oxygen atoms in total. The van der Waals surface area contributed by atoms with E-state index in [2.05, 4.69) is 4.98 Å². The molecule has 1 aromatic carbocycles. The van der Waals surface area contributed by atoms with Crippen molar-refractivity contribution in [1.82, 2.24) is 4.98 Å². The molecule has 13 heavy (non-hydrogen) atoms. The third-order valence-electron chi connectivity index (χ3n) is 1.76. The molecule has 0 radical (unpaired) electrons. The molecule has 0 atom stereocenters. The first-order valence-electron chi connectivity index (χ1n) is 4.02. The summed E-state index contributed by atoms with van der Waals surface area (Å²) in [5.74, 6) is 0. The number of aromatic nitrogens is 1. The topological polar surface area (TPSA) is 32.9 Å². The zero-order valence-corrected chi connectivity index (χ0v) is 8.02.